The van der Waals surface area contributed by atoms with E-state index >= 15 is 0 Å². The van der Waals surface area contributed by atoms with E-state index < -0.39 is 22.0 Å². The van der Waals surface area contributed by atoms with Crippen LogP contribution in [-0.2, 0) is 26.0 Å². The minimum atomic E-state index is -4.03. The Hall–Kier alpha value is -2.13. The van der Waals surface area contributed by atoms with Crippen molar-refractivity contribution < 1.29 is 18.0 Å². The van der Waals surface area contributed by atoms with E-state index in [0.717, 1.165) is 0 Å². The van der Waals surface area contributed by atoms with E-state index in [4.69, 9.17) is 23.2 Å². The summed E-state index contributed by atoms with van der Waals surface area (Å²) in [4.78, 5) is 26.5. The van der Waals surface area contributed by atoms with E-state index in [1.807, 2.05) is 13.8 Å². The van der Waals surface area contributed by atoms with Gasteiger partial charge < -0.3 is 10.2 Å². The minimum Gasteiger partial charge on any atom is -0.325 e. The Morgan fingerprint density at radius 1 is 1.12 bits per heavy atom. The van der Waals surface area contributed by atoms with Crippen molar-refractivity contribution in [1.29, 1.82) is 0 Å². The molecule has 1 heterocycles. The monoisotopic (exact) mass is 497 g/mol. The largest absolute Gasteiger partial charge is 0.325 e. The number of carbonyl (C=O) groups is 2. The standard InChI is InChI=1S/C22H25Cl2N3O4S/c1-13(2)11-19(22(29)25-15-7-8-17(23)18(24)12-15)26-32(30,31)21-6-4-5-20-16(21)9-10-27(20)14(3)28/h4-8,12-13,19,26H,9-11H2,1-3H3,(H,25,29). The SMILES string of the molecule is CC(=O)N1CCc2c1cccc2S(=O)(=O)NC(CC(C)C)C(=O)Nc1ccc(Cl)c(Cl)c1. The Morgan fingerprint density at radius 2 is 1.84 bits per heavy atom. The summed E-state index contributed by atoms with van der Waals surface area (Å²) >= 11 is 11.9. The number of nitrogens with one attached hydrogen (secondary N) is 2. The number of nitrogens with zero attached hydrogens (tertiary/aromatic N) is 1. The highest BCUT2D eigenvalue weighted by molar-refractivity contribution is 7.89. The van der Waals surface area contributed by atoms with Crippen molar-refractivity contribution in [1.82, 2.24) is 4.72 Å². The van der Waals surface area contributed by atoms with E-state index in [1.54, 1.807) is 29.2 Å². The van der Waals surface area contributed by atoms with Gasteiger partial charge in [-0.15, -0.1) is 0 Å². The van der Waals surface area contributed by atoms with Crippen LogP contribution in [0.1, 0.15) is 32.8 Å². The number of halogens is 2. The molecule has 0 aromatic heterocycles. The van der Waals surface area contributed by atoms with E-state index in [9.17, 15) is 18.0 Å². The summed E-state index contributed by atoms with van der Waals surface area (Å²) in [5.41, 5.74) is 1.57. The summed E-state index contributed by atoms with van der Waals surface area (Å²) < 4.78 is 29.1. The third-order valence-electron chi connectivity index (χ3n) is 5.16. The summed E-state index contributed by atoms with van der Waals surface area (Å²) in [7, 11) is -4.03. The summed E-state index contributed by atoms with van der Waals surface area (Å²) in [6, 6.07) is 8.46. The number of carbonyl (C=O) groups excluding carboxylic acids is 2. The third kappa shape index (κ3) is 5.43. The lowest BCUT2D eigenvalue weighted by Crippen LogP contribution is -2.44. The first-order chi connectivity index (χ1) is 15.0. The molecule has 1 aliphatic rings. The minimum absolute atomic E-state index is 0.0527. The van der Waals surface area contributed by atoms with Crippen molar-refractivity contribution in [3.63, 3.8) is 0 Å². The molecule has 0 aliphatic carbocycles. The van der Waals surface area contributed by atoms with Crippen LogP contribution >= 0.6 is 23.2 Å². The molecule has 32 heavy (non-hydrogen) atoms. The van der Waals surface area contributed by atoms with Gasteiger partial charge in [0.25, 0.3) is 0 Å². The smallest absolute Gasteiger partial charge is 0.242 e. The number of benzene rings is 2. The van der Waals surface area contributed by atoms with Gasteiger partial charge in [0.05, 0.1) is 14.9 Å². The molecule has 2 aromatic rings. The first kappa shape index (κ1) is 24.5. The van der Waals surface area contributed by atoms with Crippen molar-refractivity contribution in [3.8, 4) is 0 Å². The van der Waals surface area contributed by atoms with Crippen LogP contribution in [-0.4, -0.2) is 32.8 Å². The van der Waals surface area contributed by atoms with Crippen LogP contribution in [0.25, 0.3) is 0 Å². The lowest BCUT2D eigenvalue weighted by atomic mass is 10.0. The normalized spacial score (nSPS) is 14.4. The molecule has 0 saturated carbocycles. The number of amides is 2. The zero-order chi connectivity index (χ0) is 23.6. The fraction of sp³-hybridized carbons (Fsp3) is 0.364. The summed E-state index contributed by atoms with van der Waals surface area (Å²) in [6.07, 6.45) is 0.720. The predicted octanol–water partition coefficient (Wildman–Crippen LogP) is 4.23. The molecule has 1 unspecified atom stereocenters. The van der Waals surface area contributed by atoms with Gasteiger partial charge in [-0.05, 0) is 54.7 Å². The number of sulfonamides is 1. The number of anilines is 2. The van der Waals surface area contributed by atoms with Gasteiger partial charge >= 0.3 is 0 Å². The molecule has 3 rings (SSSR count). The van der Waals surface area contributed by atoms with Gasteiger partial charge in [0.1, 0.15) is 6.04 Å². The fourth-order valence-electron chi connectivity index (χ4n) is 3.72. The van der Waals surface area contributed by atoms with Crippen molar-refractivity contribution in [2.75, 3.05) is 16.8 Å². The van der Waals surface area contributed by atoms with Crippen molar-refractivity contribution >= 4 is 56.4 Å². The van der Waals surface area contributed by atoms with E-state index in [-0.39, 0.29) is 21.7 Å². The first-order valence-corrected chi connectivity index (χ1v) is 12.4. The van der Waals surface area contributed by atoms with Gasteiger partial charge in [-0.1, -0.05) is 43.1 Å². The highest BCUT2D eigenvalue weighted by Gasteiger charge is 2.32. The Morgan fingerprint density at radius 3 is 2.47 bits per heavy atom. The molecule has 0 fully saturated rings. The molecule has 0 spiro atoms. The highest BCUT2D eigenvalue weighted by Crippen LogP contribution is 2.33. The predicted molar refractivity (Wildman–Crippen MR) is 127 cm³/mol. The zero-order valence-corrected chi connectivity index (χ0v) is 20.3. The Bertz CT molecular complexity index is 1150. The zero-order valence-electron chi connectivity index (χ0n) is 18.0. The van der Waals surface area contributed by atoms with Crippen molar-refractivity contribution in [2.24, 2.45) is 5.92 Å². The molecule has 2 N–H and O–H groups in total. The second-order valence-electron chi connectivity index (χ2n) is 8.10. The van der Waals surface area contributed by atoms with E-state index in [1.165, 1.54) is 19.1 Å². The molecule has 1 atom stereocenters. The van der Waals surface area contributed by atoms with Gasteiger partial charge in [0.15, 0.2) is 0 Å². The average Bonchev–Trinajstić information content (AvgIpc) is 3.14. The average molecular weight is 498 g/mol. The highest BCUT2D eigenvalue weighted by atomic mass is 35.5. The molecule has 0 radical (unpaired) electrons. The van der Waals surface area contributed by atoms with Gasteiger partial charge in [-0.3, -0.25) is 9.59 Å². The Labute approximate surface area is 198 Å². The Balaban J connectivity index is 1.87. The van der Waals surface area contributed by atoms with Gasteiger partial charge in [0, 0.05) is 24.8 Å². The number of fused-ring (bicyclic) bond motifs is 1. The molecule has 10 heteroatoms. The van der Waals surface area contributed by atoms with E-state index in [2.05, 4.69) is 10.0 Å². The van der Waals surface area contributed by atoms with Crippen LogP contribution < -0.4 is 14.9 Å². The molecule has 7 nitrogen and oxygen atoms in total. The van der Waals surface area contributed by atoms with Crippen molar-refractivity contribution in [3.05, 3.63) is 52.0 Å². The molecule has 2 amide bonds. The fourth-order valence-corrected chi connectivity index (χ4v) is 5.51. The number of hydrogen-bond donors (Lipinski definition) is 2. The quantitative estimate of drug-likeness (QED) is 0.597. The van der Waals surface area contributed by atoms with Gasteiger partial charge in [-0.25, -0.2) is 8.42 Å². The second kappa shape index (κ2) is 9.79. The lowest BCUT2D eigenvalue weighted by Gasteiger charge is -2.21. The molecule has 0 saturated heterocycles. The maximum Gasteiger partial charge on any atom is 0.242 e. The third-order valence-corrected chi connectivity index (χ3v) is 7.46. The second-order valence-corrected chi connectivity index (χ2v) is 10.6. The molecule has 172 valence electrons. The van der Waals surface area contributed by atoms with Crippen LogP contribution in [0.2, 0.25) is 10.0 Å². The maximum absolute atomic E-state index is 13.3. The maximum atomic E-state index is 13.3. The van der Waals surface area contributed by atoms with Crippen LogP contribution in [0.4, 0.5) is 11.4 Å². The van der Waals surface area contributed by atoms with Gasteiger partial charge in [-0.2, -0.15) is 4.72 Å². The lowest BCUT2D eigenvalue weighted by molar-refractivity contribution is -0.118. The molecule has 1 aliphatic heterocycles. The number of rotatable bonds is 7. The van der Waals surface area contributed by atoms with Crippen LogP contribution in [0.15, 0.2) is 41.3 Å². The summed E-state index contributed by atoms with van der Waals surface area (Å²) in [6.45, 7) is 5.67. The van der Waals surface area contributed by atoms with Crippen molar-refractivity contribution in [2.45, 2.75) is 44.6 Å². The first-order valence-electron chi connectivity index (χ1n) is 10.2. The topological polar surface area (TPSA) is 95.6 Å². The number of hydrogen-bond acceptors (Lipinski definition) is 4. The van der Waals surface area contributed by atoms with E-state index in [0.29, 0.717) is 41.3 Å². The molecular formula is C22H25Cl2N3O4S. The van der Waals surface area contributed by atoms with Crippen LogP contribution in [0.5, 0.6) is 0 Å². The van der Waals surface area contributed by atoms with Crippen LogP contribution in [0, 0.1) is 5.92 Å². The van der Waals surface area contributed by atoms with Gasteiger partial charge in [0.2, 0.25) is 21.8 Å². The summed E-state index contributed by atoms with van der Waals surface area (Å²) in [5.74, 6) is -0.597. The Kier molecular flexibility index (Phi) is 7.50. The molecular weight excluding hydrogens is 473 g/mol. The van der Waals surface area contributed by atoms with Crippen LogP contribution in [0.3, 0.4) is 0 Å². The molecule has 2 aromatic carbocycles. The molecule has 0 bridgehead atoms. The summed E-state index contributed by atoms with van der Waals surface area (Å²) in [5, 5.41) is 3.33.